The second-order valence-corrected chi connectivity index (χ2v) is 8.31. The first-order valence-corrected chi connectivity index (χ1v) is 11.1. The number of para-hydroxylation sites is 3. The molecule has 0 aliphatic carbocycles. The standard InChI is InChI=1S/C27H21N7O/c1-16-10-12-18(13-11-16)31-27(35)23-24-26(33-22-9-5-4-8-21(22)32-24)34(25(23)28)30-15-17-14-29-20-7-3-2-6-19(17)20/h2-15,29H,28H2,1H3,(H,31,35). The number of H-pyrrole nitrogens is 1. The van der Waals surface area contributed by atoms with E-state index in [0.29, 0.717) is 27.9 Å². The number of nitrogen functional groups attached to an aromatic ring is 1. The third-order valence-electron chi connectivity index (χ3n) is 5.94. The third-order valence-corrected chi connectivity index (χ3v) is 5.94. The van der Waals surface area contributed by atoms with Crippen LogP contribution in [0.5, 0.6) is 0 Å². The summed E-state index contributed by atoms with van der Waals surface area (Å²) in [5, 5.41) is 8.56. The molecule has 0 saturated carbocycles. The van der Waals surface area contributed by atoms with Crippen LogP contribution in [0.3, 0.4) is 0 Å². The first kappa shape index (κ1) is 20.6. The molecule has 1 amide bonds. The molecule has 0 unspecified atom stereocenters. The smallest absolute Gasteiger partial charge is 0.261 e. The zero-order chi connectivity index (χ0) is 23.9. The number of rotatable bonds is 4. The highest BCUT2D eigenvalue weighted by Gasteiger charge is 2.24. The van der Waals surface area contributed by atoms with Crippen molar-refractivity contribution in [1.29, 1.82) is 0 Å². The molecular formula is C27H21N7O. The lowest BCUT2D eigenvalue weighted by Gasteiger charge is -2.06. The Morgan fingerprint density at radius 1 is 1.00 bits per heavy atom. The second-order valence-electron chi connectivity index (χ2n) is 8.31. The summed E-state index contributed by atoms with van der Waals surface area (Å²) in [5.41, 5.74) is 12.6. The van der Waals surface area contributed by atoms with Gasteiger partial charge in [0.15, 0.2) is 5.65 Å². The molecule has 0 aliphatic rings. The summed E-state index contributed by atoms with van der Waals surface area (Å²) in [7, 11) is 0. The van der Waals surface area contributed by atoms with Crippen LogP contribution in [-0.4, -0.2) is 31.7 Å². The number of amides is 1. The maximum absolute atomic E-state index is 13.4. The molecule has 0 fully saturated rings. The number of hydrogen-bond donors (Lipinski definition) is 3. The lowest BCUT2D eigenvalue weighted by molar-refractivity contribution is 0.102. The maximum Gasteiger partial charge on any atom is 0.261 e. The van der Waals surface area contributed by atoms with Crippen molar-refractivity contribution in [1.82, 2.24) is 19.6 Å². The van der Waals surface area contributed by atoms with Crippen LogP contribution in [0.1, 0.15) is 21.5 Å². The van der Waals surface area contributed by atoms with Crippen molar-refractivity contribution in [3.05, 3.63) is 95.7 Å². The van der Waals surface area contributed by atoms with Crippen LogP contribution in [0.15, 0.2) is 84.1 Å². The van der Waals surface area contributed by atoms with Crippen LogP contribution in [0.25, 0.3) is 33.1 Å². The summed E-state index contributed by atoms with van der Waals surface area (Å²) >= 11 is 0. The average molecular weight is 460 g/mol. The van der Waals surface area contributed by atoms with Gasteiger partial charge in [-0.25, -0.2) is 9.97 Å². The van der Waals surface area contributed by atoms with Gasteiger partial charge in [-0.1, -0.05) is 48.0 Å². The molecule has 0 atom stereocenters. The Balaban J connectivity index is 1.50. The predicted octanol–water partition coefficient (Wildman–Crippen LogP) is 5.09. The van der Waals surface area contributed by atoms with Crippen LogP contribution in [0, 0.1) is 6.92 Å². The number of aromatic nitrogens is 4. The van der Waals surface area contributed by atoms with Crippen molar-refractivity contribution < 1.29 is 4.79 Å². The van der Waals surface area contributed by atoms with Gasteiger partial charge in [-0.15, -0.1) is 0 Å². The van der Waals surface area contributed by atoms with Gasteiger partial charge in [-0.3, -0.25) is 4.79 Å². The highest BCUT2D eigenvalue weighted by atomic mass is 16.1. The summed E-state index contributed by atoms with van der Waals surface area (Å²) in [6.07, 6.45) is 3.58. The Morgan fingerprint density at radius 2 is 1.71 bits per heavy atom. The highest BCUT2D eigenvalue weighted by molar-refractivity contribution is 6.16. The van der Waals surface area contributed by atoms with Crippen LogP contribution in [0.4, 0.5) is 11.5 Å². The van der Waals surface area contributed by atoms with Crippen LogP contribution < -0.4 is 11.1 Å². The maximum atomic E-state index is 13.4. The molecule has 0 radical (unpaired) electrons. The molecule has 3 aromatic heterocycles. The van der Waals surface area contributed by atoms with Gasteiger partial charge in [0.1, 0.15) is 16.9 Å². The number of nitrogens with one attached hydrogen (secondary N) is 2. The van der Waals surface area contributed by atoms with E-state index in [4.69, 9.17) is 15.7 Å². The van der Waals surface area contributed by atoms with Gasteiger partial charge in [0.25, 0.3) is 5.91 Å². The SMILES string of the molecule is Cc1ccc(NC(=O)c2c(N)n(N=Cc3c[nH]c4ccccc34)c3nc4ccccc4nc23)cc1. The largest absolute Gasteiger partial charge is 0.383 e. The van der Waals surface area contributed by atoms with Crippen molar-refractivity contribution in [2.75, 3.05) is 11.1 Å². The van der Waals surface area contributed by atoms with E-state index in [-0.39, 0.29) is 17.3 Å². The minimum absolute atomic E-state index is 0.163. The number of hydrogen-bond acceptors (Lipinski definition) is 5. The minimum Gasteiger partial charge on any atom is -0.383 e. The fraction of sp³-hybridized carbons (Fsp3) is 0.0370. The van der Waals surface area contributed by atoms with Crippen molar-refractivity contribution in [3.8, 4) is 0 Å². The molecule has 3 heterocycles. The normalized spacial score (nSPS) is 11.7. The summed E-state index contributed by atoms with van der Waals surface area (Å²) < 4.78 is 1.47. The molecule has 6 aromatic rings. The number of aromatic amines is 1. The summed E-state index contributed by atoms with van der Waals surface area (Å²) in [6.45, 7) is 1.99. The second kappa shape index (κ2) is 8.11. The monoisotopic (exact) mass is 459 g/mol. The summed E-state index contributed by atoms with van der Waals surface area (Å²) in [5.74, 6) is -0.210. The predicted molar refractivity (Wildman–Crippen MR) is 140 cm³/mol. The zero-order valence-corrected chi connectivity index (χ0v) is 18.9. The summed E-state index contributed by atoms with van der Waals surface area (Å²) in [4.78, 5) is 26.1. The molecule has 6 rings (SSSR count). The molecular weight excluding hydrogens is 438 g/mol. The zero-order valence-electron chi connectivity index (χ0n) is 18.9. The first-order chi connectivity index (χ1) is 17.1. The number of anilines is 2. The van der Waals surface area contributed by atoms with E-state index in [1.54, 1.807) is 6.21 Å². The van der Waals surface area contributed by atoms with Crippen LogP contribution >= 0.6 is 0 Å². The first-order valence-electron chi connectivity index (χ1n) is 11.1. The van der Waals surface area contributed by atoms with Gasteiger partial charge in [0, 0.05) is 28.4 Å². The molecule has 8 heteroatoms. The third kappa shape index (κ3) is 3.57. The lowest BCUT2D eigenvalue weighted by atomic mass is 10.2. The molecule has 0 aliphatic heterocycles. The van der Waals surface area contributed by atoms with Gasteiger partial charge >= 0.3 is 0 Å². The van der Waals surface area contributed by atoms with Gasteiger partial charge in [0.2, 0.25) is 0 Å². The van der Waals surface area contributed by atoms with E-state index in [2.05, 4.69) is 15.4 Å². The fourth-order valence-electron chi connectivity index (χ4n) is 4.14. The number of carbonyl (C=O) groups excluding carboxylic acids is 1. The minimum atomic E-state index is -0.373. The molecule has 0 saturated heterocycles. The number of aryl methyl sites for hydroxylation is 1. The molecule has 35 heavy (non-hydrogen) atoms. The Morgan fingerprint density at radius 3 is 2.51 bits per heavy atom. The Bertz CT molecular complexity index is 1760. The van der Waals surface area contributed by atoms with Gasteiger partial charge in [0.05, 0.1) is 17.2 Å². The molecule has 170 valence electrons. The number of carbonyl (C=O) groups is 1. The van der Waals surface area contributed by atoms with Gasteiger partial charge < -0.3 is 16.0 Å². The van der Waals surface area contributed by atoms with E-state index < -0.39 is 0 Å². The van der Waals surface area contributed by atoms with E-state index >= 15 is 0 Å². The van der Waals surface area contributed by atoms with E-state index in [9.17, 15) is 4.79 Å². The Hall–Kier alpha value is -4.98. The number of nitrogens with zero attached hydrogens (tertiary/aromatic N) is 4. The number of benzene rings is 3. The lowest BCUT2D eigenvalue weighted by Crippen LogP contribution is -2.14. The average Bonchev–Trinajstić information content (AvgIpc) is 3.40. The van der Waals surface area contributed by atoms with Gasteiger partial charge in [-0.05, 0) is 37.3 Å². The van der Waals surface area contributed by atoms with Crippen molar-refractivity contribution >= 4 is 56.7 Å². The molecule has 8 nitrogen and oxygen atoms in total. The molecule has 0 bridgehead atoms. The number of nitrogens with two attached hydrogens (primary N) is 1. The Kier molecular flexibility index (Phi) is 4.77. The van der Waals surface area contributed by atoms with Gasteiger partial charge in [-0.2, -0.15) is 9.78 Å². The van der Waals surface area contributed by atoms with E-state index in [1.807, 2.05) is 85.9 Å². The molecule has 4 N–H and O–H groups in total. The van der Waals surface area contributed by atoms with Crippen LogP contribution in [-0.2, 0) is 0 Å². The molecule has 3 aromatic carbocycles. The van der Waals surface area contributed by atoms with Crippen molar-refractivity contribution in [2.24, 2.45) is 5.10 Å². The van der Waals surface area contributed by atoms with E-state index in [1.165, 1.54) is 4.68 Å². The van der Waals surface area contributed by atoms with Crippen LogP contribution in [0.2, 0.25) is 0 Å². The quantitative estimate of drug-likeness (QED) is 0.319. The topological polar surface area (TPSA) is 114 Å². The summed E-state index contributed by atoms with van der Waals surface area (Å²) in [6, 6.07) is 23.0. The fourth-order valence-corrected chi connectivity index (χ4v) is 4.14. The molecule has 0 spiro atoms. The Labute approximate surface area is 200 Å². The number of fused-ring (bicyclic) bond motifs is 3. The van der Waals surface area contributed by atoms with Crippen molar-refractivity contribution in [3.63, 3.8) is 0 Å². The van der Waals surface area contributed by atoms with Crippen molar-refractivity contribution in [2.45, 2.75) is 6.92 Å². The highest BCUT2D eigenvalue weighted by Crippen LogP contribution is 2.29. The van der Waals surface area contributed by atoms with E-state index in [0.717, 1.165) is 22.0 Å².